The molecule has 586 valence electrons. The Morgan fingerprint density at radius 3 is 1.07 bits per heavy atom. The Morgan fingerprint density at radius 1 is 0.472 bits per heavy atom. The highest BCUT2D eigenvalue weighted by molar-refractivity contribution is 7.78. The van der Waals surface area contributed by atoms with Crippen molar-refractivity contribution < 1.29 is 105 Å². The van der Waals surface area contributed by atoms with Crippen LogP contribution in [0.5, 0.6) is 0 Å². The maximum atomic E-state index is 12.6. The second-order valence-corrected chi connectivity index (χ2v) is 26.6. The van der Waals surface area contributed by atoms with Crippen LogP contribution in [0, 0.1) is 0 Å². The third-order valence-corrected chi connectivity index (χ3v) is 14.0. The number of ether oxygens (including phenoxy) is 7. The molecule has 0 spiro atoms. The number of amides is 1. The van der Waals surface area contributed by atoms with Gasteiger partial charge in [-0.25, -0.2) is 14.4 Å². The molecule has 0 saturated carbocycles. The maximum absolute atomic E-state index is 12.6. The van der Waals surface area contributed by atoms with Gasteiger partial charge in [0.05, 0.1) is 44.1 Å². The molecule has 0 aromatic heterocycles. The fourth-order valence-corrected chi connectivity index (χ4v) is 8.45. The summed E-state index contributed by atoms with van der Waals surface area (Å²) in [7, 11) is 0. The van der Waals surface area contributed by atoms with Crippen molar-refractivity contribution in [1.82, 2.24) is 5.32 Å². The van der Waals surface area contributed by atoms with Gasteiger partial charge in [-0.1, -0.05) is 179 Å². The zero-order valence-electron chi connectivity index (χ0n) is 63.1. The molecule has 3 atom stereocenters. The molecular formula is C82H115Cl2N3O18S. The summed E-state index contributed by atoms with van der Waals surface area (Å²) in [5.74, 6) is -2.43. The number of unbranched alkanes of at least 4 members (excludes halogenated alkanes) is 3. The molecule has 6 aromatic carbocycles. The molecule has 0 fully saturated rings. The minimum absolute atomic E-state index is 0. The zero-order valence-corrected chi connectivity index (χ0v) is 65.5. The van der Waals surface area contributed by atoms with Crippen LogP contribution in [-0.4, -0.2) is 139 Å². The van der Waals surface area contributed by atoms with Crippen LogP contribution in [0.15, 0.2) is 164 Å². The molecule has 6 aromatic rings. The molecule has 106 heavy (non-hydrogen) atoms. The van der Waals surface area contributed by atoms with Crippen molar-refractivity contribution in [1.29, 1.82) is 0 Å². The Bertz CT molecular complexity index is 3470. The summed E-state index contributed by atoms with van der Waals surface area (Å²) >= 11 is 4.77. The number of alkyl carbamates (subject to hydrolysis) is 1. The summed E-state index contributed by atoms with van der Waals surface area (Å²) < 4.78 is 34.8. The van der Waals surface area contributed by atoms with E-state index in [-0.39, 0.29) is 80.7 Å². The number of quaternary nitrogens is 1. The zero-order chi connectivity index (χ0) is 77.4. The molecule has 0 aliphatic carbocycles. The average molecular weight is 1530 g/mol. The fourth-order valence-electron chi connectivity index (χ4n) is 8.29. The molecule has 0 bridgehead atoms. The number of halogens is 2. The molecule has 6 rings (SSSR count). The van der Waals surface area contributed by atoms with Crippen LogP contribution in [0.3, 0.4) is 0 Å². The smallest absolute Gasteiger partial charge is 0.519 e. The monoisotopic (exact) mass is 1530 g/mol. The lowest BCUT2D eigenvalue weighted by atomic mass is 9.96. The SMILES string of the molecule is C.CC(C)(C)OC(=O)OC(=O)OC(C)(C)C.CCCCO.C[C@@H](C(=O)OCCCCC=S)c1cccc(C(=O)c2ccccc2)c1.C[C@@H](C(=O)OCCCNC(=O)OC(C)(C)C)c1cccc(C(=O)c2ccccc2)c1.C[C@@H](C(=O)OCCC[NH3+])c1cccc(C(=O)c2ccccc2)c1.Cl.NCCCO.[Cl-]. The van der Waals surface area contributed by atoms with Crippen molar-refractivity contribution in [2.75, 3.05) is 52.7 Å². The van der Waals surface area contributed by atoms with Gasteiger partial charge in [0.15, 0.2) is 17.3 Å². The number of thiocarbonyl (C=S) groups is 1. The molecule has 21 nitrogen and oxygen atoms in total. The first-order valence-electron chi connectivity index (χ1n) is 34.6. The van der Waals surface area contributed by atoms with Crippen LogP contribution < -0.4 is 29.2 Å². The van der Waals surface area contributed by atoms with Crippen molar-refractivity contribution in [3.8, 4) is 0 Å². The lowest BCUT2D eigenvalue weighted by Crippen LogP contribution is -3.00. The van der Waals surface area contributed by atoms with Crippen LogP contribution in [0.2, 0.25) is 0 Å². The Kier molecular flexibility index (Phi) is 54.1. The number of aliphatic hydroxyl groups excluding tert-OH is 2. The van der Waals surface area contributed by atoms with E-state index in [1.807, 2.05) is 66.7 Å². The van der Waals surface area contributed by atoms with Crippen molar-refractivity contribution in [2.24, 2.45) is 5.73 Å². The molecule has 0 unspecified atom stereocenters. The van der Waals surface area contributed by atoms with E-state index in [0.29, 0.717) is 78.3 Å². The number of nitrogens with one attached hydrogen (secondary N) is 1. The Morgan fingerprint density at radius 2 is 0.792 bits per heavy atom. The van der Waals surface area contributed by atoms with Gasteiger partial charge >= 0.3 is 36.3 Å². The highest BCUT2D eigenvalue weighted by Gasteiger charge is 2.26. The van der Waals surface area contributed by atoms with Gasteiger partial charge < -0.3 is 72.6 Å². The summed E-state index contributed by atoms with van der Waals surface area (Å²) in [6, 6.07) is 48.6. The number of esters is 3. The van der Waals surface area contributed by atoms with E-state index >= 15 is 0 Å². The summed E-state index contributed by atoms with van der Waals surface area (Å²) in [5, 5.41) is 20.4. The Hall–Kier alpha value is -8.74. The number of carbonyl (C=O) groups is 9. The molecule has 0 saturated heterocycles. The minimum Gasteiger partial charge on any atom is -1.00 e. The van der Waals surface area contributed by atoms with Gasteiger partial charge in [0.25, 0.3) is 0 Å². The van der Waals surface area contributed by atoms with Gasteiger partial charge in [0.1, 0.15) is 16.8 Å². The van der Waals surface area contributed by atoms with Crippen molar-refractivity contribution in [2.45, 2.75) is 183 Å². The number of rotatable bonds is 28. The number of nitrogens with two attached hydrogens (primary N) is 1. The quantitative estimate of drug-likeness (QED) is 0.00761. The fraction of sp³-hybridized carbons (Fsp3) is 0.439. The normalized spacial score (nSPS) is 11.1. The molecular weight excluding hydrogens is 1420 g/mol. The second kappa shape index (κ2) is 56.6. The van der Waals surface area contributed by atoms with Gasteiger partial charge in [0, 0.05) is 59.6 Å². The highest BCUT2D eigenvalue weighted by Crippen LogP contribution is 2.24. The highest BCUT2D eigenvalue weighted by atomic mass is 35.5. The van der Waals surface area contributed by atoms with Gasteiger partial charge in [-0.3, -0.25) is 28.8 Å². The minimum atomic E-state index is -1.06. The van der Waals surface area contributed by atoms with E-state index in [1.54, 1.807) is 186 Å². The third-order valence-electron chi connectivity index (χ3n) is 13.8. The van der Waals surface area contributed by atoms with E-state index < -0.39 is 53.0 Å². The first-order valence-corrected chi connectivity index (χ1v) is 35.1. The standard InChI is InChI=1S/C24H29NO5.C21H22O3S.C19H21NO3.C10H18O5.C4H10O.C3H9NO.CH4.2ClH/c1-17(22(27)29-15-9-14-25-23(28)30-24(2,3)4)19-12-8-13-20(16-19)21(26)18-10-6-5-7-11-18;1-16(21(23)24-13-6-3-7-14-25)18-11-8-12-19(15-18)20(22)17-9-4-2-5-10-17;1-14(19(22)23-12-6-11-20)16-9-5-10-17(13-16)18(21)15-7-3-2-4-8-15;1-9(2,3)14-7(11)13-8(12)15-10(4,5)6;1-2-3-4-5;4-2-1-3-5;;;/h5-8,10-13,16-17H,9,14-15H2,1-4H3,(H,25,28);2,4-5,8-12,14-16H,3,6-7,13H2,1H3;2-5,7-10,13-14H,6,11-12,20H2,1H3;1-6H3;5H,2-4H2,1H3;5H,1-4H2;1H4;2*1H/t17-;16-;14-;;;;;;/m111....../s1. The van der Waals surface area contributed by atoms with Crippen LogP contribution in [0.4, 0.5) is 14.4 Å². The average Bonchev–Trinajstić information content (AvgIpc) is 0.847. The number of benzene rings is 6. The summed E-state index contributed by atoms with van der Waals surface area (Å²) in [4.78, 5) is 108. The van der Waals surface area contributed by atoms with Gasteiger partial charge in [-0.05, 0) is 168 Å². The van der Waals surface area contributed by atoms with E-state index in [9.17, 15) is 43.2 Å². The lowest BCUT2D eigenvalue weighted by Gasteiger charge is -2.20. The maximum Gasteiger partial charge on any atom is 0.519 e. The number of aliphatic hydroxyl groups is 2. The topological polar surface area (TPSA) is 324 Å². The van der Waals surface area contributed by atoms with Crippen molar-refractivity contribution in [3.05, 3.63) is 214 Å². The van der Waals surface area contributed by atoms with E-state index in [1.165, 1.54) is 0 Å². The number of ketones is 3. The van der Waals surface area contributed by atoms with Crippen LogP contribution in [0.25, 0.3) is 0 Å². The van der Waals surface area contributed by atoms with E-state index in [4.69, 9.17) is 56.6 Å². The number of hydrogen-bond acceptors (Lipinski definition) is 20. The predicted octanol–water partition coefficient (Wildman–Crippen LogP) is 12.5. The van der Waals surface area contributed by atoms with Crippen LogP contribution in [0.1, 0.15) is 231 Å². The molecule has 1 amide bonds. The third kappa shape index (κ3) is 45.6. The lowest BCUT2D eigenvalue weighted by molar-refractivity contribution is -0.369. The van der Waals surface area contributed by atoms with Crippen LogP contribution in [-0.2, 0) is 47.5 Å². The second-order valence-electron chi connectivity index (χ2n) is 26.3. The molecule has 8 N–H and O–H groups in total. The molecule has 0 radical (unpaired) electrons. The van der Waals surface area contributed by atoms with Crippen molar-refractivity contribution in [3.63, 3.8) is 0 Å². The van der Waals surface area contributed by atoms with Crippen LogP contribution >= 0.6 is 24.6 Å². The first-order chi connectivity index (χ1) is 48.8. The van der Waals surface area contributed by atoms with Gasteiger partial charge in [-0.15, -0.1) is 12.4 Å². The van der Waals surface area contributed by atoms with E-state index in [2.05, 4.69) is 22.7 Å². The first kappa shape index (κ1) is 101. The molecule has 0 aliphatic rings. The largest absolute Gasteiger partial charge is 1.00 e. The Labute approximate surface area is 645 Å². The Balaban J connectivity index is -0.00000129. The number of hydrogen-bond donors (Lipinski definition) is 5. The van der Waals surface area contributed by atoms with Crippen molar-refractivity contribution >= 4 is 83.7 Å². The van der Waals surface area contributed by atoms with Gasteiger partial charge in [-0.2, -0.15) is 0 Å². The summed E-state index contributed by atoms with van der Waals surface area (Å²) in [5.41, 5.74) is 12.6. The van der Waals surface area contributed by atoms with Gasteiger partial charge in [0.2, 0.25) is 0 Å². The molecule has 24 heteroatoms. The summed E-state index contributed by atoms with van der Waals surface area (Å²) in [6.45, 7) is 26.0. The predicted molar refractivity (Wildman–Crippen MR) is 416 cm³/mol. The number of carbonyl (C=O) groups excluding carboxylic acids is 9. The van der Waals surface area contributed by atoms with E-state index in [0.717, 1.165) is 62.6 Å². The summed E-state index contributed by atoms with van der Waals surface area (Å²) in [6.07, 6.45) is 3.96. The molecule has 0 heterocycles. The molecule has 0 aliphatic heterocycles.